The van der Waals surface area contributed by atoms with Crippen LogP contribution in [0.2, 0.25) is 0 Å². The van der Waals surface area contributed by atoms with Gasteiger partial charge in [0.05, 0.1) is 17.7 Å². The molecule has 6 nitrogen and oxygen atoms in total. The van der Waals surface area contributed by atoms with E-state index in [9.17, 15) is 19.1 Å². The molecule has 1 aromatic heterocycles. The Kier molecular flexibility index (Phi) is 8.54. The van der Waals surface area contributed by atoms with E-state index >= 15 is 0 Å². The van der Waals surface area contributed by atoms with Gasteiger partial charge in [0, 0.05) is 29.9 Å². The van der Waals surface area contributed by atoms with Gasteiger partial charge in [0.25, 0.3) is 0 Å². The van der Waals surface area contributed by atoms with Gasteiger partial charge in [-0.1, -0.05) is 56.0 Å². The van der Waals surface area contributed by atoms with Gasteiger partial charge in [-0.25, -0.2) is 14.2 Å². The number of carbonyl (C=O) groups is 2. The summed E-state index contributed by atoms with van der Waals surface area (Å²) in [7, 11) is 0. The summed E-state index contributed by atoms with van der Waals surface area (Å²) in [6.45, 7) is 4.89. The third-order valence-corrected chi connectivity index (χ3v) is 6.84. The summed E-state index contributed by atoms with van der Waals surface area (Å²) in [6.07, 6.45) is 6.75. The van der Waals surface area contributed by atoms with E-state index < -0.39 is 11.8 Å². The number of amides is 1. The van der Waals surface area contributed by atoms with Crippen molar-refractivity contribution in [3.8, 4) is 11.3 Å². The predicted molar refractivity (Wildman–Crippen MR) is 145 cm³/mol. The van der Waals surface area contributed by atoms with Gasteiger partial charge in [0.2, 0.25) is 5.91 Å². The van der Waals surface area contributed by atoms with Crippen molar-refractivity contribution in [1.29, 1.82) is 0 Å². The smallest absolute Gasteiger partial charge is 0.336 e. The number of aromatic nitrogens is 1. The van der Waals surface area contributed by atoms with Gasteiger partial charge in [-0.05, 0) is 56.0 Å². The van der Waals surface area contributed by atoms with Crippen LogP contribution in [-0.4, -0.2) is 34.6 Å². The summed E-state index contributed by atoms with van der Waals surface area (Å²) in [5.41, 5.74) is 2.99. The molecule has 1 aliphatic rings. The van der Waals surface area contributed by atoms with Crippen molar-refractivity contribution in [2.24, 2.45) is 0 Å². The first-order chi connectivity index (χ1) is 17.8. The van der Waals surface area contributed by atoms with Gasteiger partial charge in [-0.2, -0.15) is 0 Å². The van der Waals surface area contributed by atoms with Gasteiger partial charge in [0.1, 0.15) is 11.6 Å². The molecular formula is C30H34FN3O3. The Morgan fingerprint density at radius 1 is 1.05 bits per heavy atom. The lowest BCUT2D eigenvalue weighted by molar-refractivity contribution is -0.115. The quantitative estimate of drug-likeness (QED) is 0.343. The number of rotatable bonds is 9. The molecule has 2 aromatic carbocycles. The minimum absolute atomic E-state index is 0.0392. The number of halogens is 1. The average Bonchev–Trinajstić information content (AvgIpc) is 2.88. The summed E-state index contributed by atoms with van der Waals surface area (Å²) >= 11 is 0. The first kappa shape index (κ1) is 26.3. The second-order valence-corrected chi connectivity index (χ2v) is 9.79. The SMILES string of the molecule is CCCN(c1cc(NC(=O)Cc2ccc(C)cc2)cc(-c2cc(F)ccc2C(=O)O)n1)C1CCCCC1. The predicted octanol–water partition coefficient (Wildman–Crippen LogP) is 6.62. The van der Waals surface area contributed by atoms with Crippen LogP contribution in [0.3, 0.4) is 0 Å². The summed E-state index contributed by atoms with van der Waals surface area (Å²) in [5.74, 6) is -1.23. The Morgan fingerprint density at radius 2 is 1.78 bits per heavy atom. The van der Waals surface area contributed by atoms with Crippen LogP contribution in [0.25, 0.3) is 11.3 Å². The number of carboxylic acids is 1. The third-order valence-electron chi connectivity index (χ3n) is 6.84. The van der Waals surface area contributed by atoms with Crippen LogP contribution >= 0.6 is 0 Å². The normalized spacial score (nSPS) is 13.8. The minimum atomic E-state index is -1.16. The lowest BCUT2D eigenvalue weighted by atomic mass is 9.94. The molecule has 0 atom stereocenters. The molecule has 2 N–H and O–H groups in total. The monoisotopic (exact) mass is 503 g/mol. The van der Waals surface area contributed by atoms with Gasteiger partial charge < -0.3 is 15.3 Å². The Labute approximate surface area is 217 Å². The van der Waals surface area contributed by atoms with Crippen molar-refractivity contribution >= 4 is 23.4 Å². The zero-order valence-electron chi connectivity index (χ0n) is 21.5. The van der Waals surface area contributed by atoms with Crippen molar-refractivity contribution < 1.29 is 19.1 Å². The fraction of sp³-hybridized carbons (Fsp3) is 0.367. The first-order valence-electron chi connectivity index (χ1n) is 13.0. The molecule has 37 heavy (non-hydrogen) atoms. The van der Waals surface area contributed by atoms with E-state index in [0.717, 1.165) is 55.8 Å². The number of nitrogens with zero attached hydrogens (tertiary/aromatic N) is 2. The van der Waals surface area contributed by atoms with E-state index in [-0.39, 0.29) is 23.5 Å². The highest BCUT2D eigenvalue weighted by atomic mass is 19.1. The van der Waals surface area contributed by atoms with E-state index in [4.69, 9.17) is 4.98 Å². The second kappa shape index (κ2) is 12.0. The molecule has 1 aliphatic carbocycles. The molecule has 0 saturated heterocycles. The van der Waals surface area contributed by atoms with Crippen molar-refractivity contribution in [3.05, 3.63) is 77.1 Å². The number of hydrogen-bond acceptors (Lipinski definition) is 4. The molecule has 1 amide bonds. The maximum atomic E-state index is 14.2. The van der Waals surface area contributed by atoms with Gasteiger partial charge in [-0.3, -0.25) is 4.79 Å². The van der Waals surface area contributed by atoms with Gasteiger partial charge >= 0.3 is 5.97 Å². The fourth-order valence-electron chi connectivity index (χ4n) is 5.00. The Hall–Kier alpha value is -3.74. The molecule has 0 unspecified atom stereocenters. The second-order valence-electron chi connectivity index (χ2n) is 9.79. The average molecular weight is 504 g/mol. The summed E-state index contributed by atoms with van der Waals surface area (Å²) in [5, 5.41) is 12.7. The molecule has 0 spiro atoms. The fourth-order valence-corrected chi connectivity index (χ4v) is 5.00. The molecule has 1 saturated carbocycles. The Bertz CT molecular complexity index is 1250. The van der Waals surface area contributed by atoms with E-state index in [1.807, 2.05) is 37.3 Å². The van der Waals surface area contributed by atoms with Crippen LogP contribution < -0.4 is 10.2 Å². The van der Waals surface area contributed by atoms with Crippen LogP contribution in [0.4, 0.5) is 15.9 Å². The van der Waals surface area contributed by atoms with Gasteiger partial charge in [0.15, 0.2) is 0 Å². The van der Waals surface area contributed by atoms with E-state index in [1.54, 1.807) is 6.07 Å². The topological polar surface area (TPSA) is 82.5 Å². The number of hydrogen-bond donors (Lipinski definition) is 2. The molecule has 0 radical (unpaired) electrons. The standard InChI is InChI=1S/C30H34FN3O3/c1-3-15-34(24-7-5-4-6-8-24)28-19-23(32-29(35)16-21-11-9-20(2)10-12-21)18-27(33-28)26-17-22(31)13-14-25(26)30(36)37/h9-14,17-19,24H,3-8,15-16H2,1-2H3,(H,36,37)(H,32,33,35). The van der Waals surface area contributed by atoms with Crippen LogP contribution in [0.15, 0.2) is 54.6 Å². The van der Waals surface area contributed by atoms with Crippen LogP contribution in [0.1, 0.15) is 66.9 Å². The minimum Gasteiger partial charge on any atom is -0.478 e. The van der Waals surface area contributed by atoms with Gasteiger partial charge in [-0.15, -0.1) is 0 Å². The molecule has 194 valence electrons. The molecule has 1 heterocycles. The third kappa shape index (κ3) is 6.73. The molecule has 0 aliphatic heterocycles. The van der Waals surface area contributed by atoms with Crippen molar-refractivity contribution in [1.82, 2.24) is 4.98 Å². The molecule has 3 aromatic rings. The molecule has 7 heteroatoms. The van der Waals surface area contributed by atoms with Crippen molar-refractivity contribution in [2.45, 2.75) is 64.8 Å². The lowest BCUT2D eigenvalue weighted by Gasteiger charge is -2.35. The number of benzene rings is 2. The zero-order chi connectivity index (χ0) is 26.4. The van der Waals surface area contributed by atoms with Crippen molar-refractivity contribution in [3.63, 3.8) is 0 Å². The van der Waals surface area contributed by atoms with E-state index in [1.165, 1.54) is 18.6 Å². The molecule has 1 fully saturated rings. The summed E-state index contributed by atoms with van der Waals surface area (Å²) in [6, 6.07) is 15.2. The number of anilines is 2. The number of aryl methyl sites for hydroxylation is 1. The first-order valence-corrected chi connectivity index (χ1v) is 13.0. The van der Waals surface area contributed by atoms with Crippen LogP contribution in [0, 0.1) is 12.7 Å². The highest BCUT2D eigenvalue weighted by Gasteiger charge is 2.24. The summed E-state index contributed by atoms with van der Waals surface area (Å²) < 4.78 is 14.2. The van der Waals surface area contributed by atoms with E-state index in [0.29, 0.717) is 23.2 Å². The highest BCUT2D eigenvalue weighted by Crippen LogP contribution is 2.32. The molecule has 4 rings (SSSR count). The van der Waals surface area contributed by atoms with Crippen molar-refractivity contribution in [2.75, 3.05) is 16.8 Å². The summed E-state index contributed by atoms with van der Waals surface area (Å²) in [4.78, 5) is 32.0. The molecule has 0 bridgehead atoms. The van der Waals surface area contributed by atoms with Crippen LogP contribution in [0.5, 0.6) is 0 Å². The van der Waals surface area contributed by atoms with E-state index in [2.05, 4.69) is 17.1 Å². The maximum Gasteiger partial charge on any atom is 0.336 e. The highest BCUT2D eigenvalue weighted by molar-refractivity contribution is 5.97. The Balaban J connectivity index is 1.74. The maximum absolute atomic E-state index is 14.2. The number of pyridine rings is 1. The number of aromatic carboxylic acids is 1. The molecular weight excluding hydrogens is 469 g/mol. The van der Waals surface area contributed by atoms with Crippen LogP contribution in [-0.2, 0) is 11.2 Å². The largest absolute Gasteiger partial charge is 0.478 e. The number of nitrogens with one attached hydrogen (secondary N) is 1. The lowest BCUT2D eigenvalue weighted by Crippen LogP contribution is -2.38. The number of carboxylic acid groups (broad SMARTS) is 1. The zero-order valence-corrected chi connectivity index (χ0v) is 21.5. The Morgan fingerprint density at radius 3 is 2.46 bits per heavy atom. The number of carbonyl (C=O) groups excluding carboxylic acids is 1.